The first-order valence-corrected chi connectivity index (χ1v) is 6.21. The van der Waals surface area contributed by atoms with Gasteiger partial charge in [0.1, 0.15) is 0 Å². The van der Waals surface area contributed by atoms with Gasteiger partial charge in [0.05, 0.1) is 11.3 Å². The molecule has 98 valence electrons. The number of para-hydroxylation sites is 1. The maximum atomic E-state index is 11.9. The molecule has 0 saturated heterocycles. The zero-order valence-corrected chi connectivity index (χ0v) is 10.6. The summed E-state index contributed by atoms with van der Waals surface area (Å²) in [5, 5.41) is 4.07. The van der Waals surface area contributed by atoms with Gasteiger partial charge in [-0.05, 0) is 29.8 Å². The highest BCUT2D eigenvalue weighted by molar-refractivity contribution is 6.04. The highest BCUT2D eigenvalue weighted by Gasteiger charge is 2.11. The molecule has 1 aliphatic heterocycles. The number of hydrazone groups is 1. The van der Waals surface area contributed by atoms with E-state index in [2.05, 4.69) is 10.5 Å². The molecule has 0 bridgehead atoms. The van der Waals surface area contributed by atoms with Crippen LogP contribution in [-0.2, 0) is 4.74 Å². The molecular formula is C16H12N2O2. The number of anilines is 1. The van der Waals surface area contributed by atoms with E-state index in [1.165, 1.54) is 0 Å². The van der Waals surface area contributed by atoms with Crippen LogP contribution in [0.25, 0.3) is 6.08 Å². The summed E-state index contributed by atoms with van der Waals surface area (Å²) in [4.78, 5) is 11.9. The third-order valence-corrected chi connectivity index (χ3v) is 2.86. The highest BCUT2D eigenvalue weighted by atomic mass is 16.5. The molecule has 4 heteroatoms. The van der Waals surface area contributed by atoms with Crippen LogP contribution < -0.4 is 5.43 Å². The first-order valence-electron chi connectivity index (χ1n) is 6.21. The molecule has 20 heavy (non-hydrogen) atoms. The van der Waals surface area contributed by atoms with E-state index in [0.29, 0.717) is 5.56 Å². The smallest absolute Gasteiger partial charge is 0.344 e. The Hall–Kier alpha value is -2.88. The molecule has 0 aliphatic carbocycles. The Kier molecular flexibility index (Phi) is 3.29. The molecule has 1 heterocycles. The first kappa shape index (κ1) is 12.2. The maximum absolute atomic E-state index is 11.9. The average molecular weight is 264 g/mol. The highest BCUT2D eigenvalue weighted by Crippen LogP contribution is 2.19. The molecule has 0 radical (unpaired) electrons. The molecule has 0 aromatic heterocycles. The van der Waals surface area contributed by atoms with Gasteiger partial charge in [-0.3, -0.25) is 5.43 Å². The lowest BCUT2D eigenvalue weighted by Gasteiger charge is -2.04. The van der Waals surface area contributed by atoms with Crippen molar-refractivity contribution in [2.24, 2.45) is 5.10 Å². The van der Waals surface area contributed by atoms with Gasteiger partial charge in [-0.15, -0.1) is 5.10 Å². The molecule has 1 aliphatic rings. The van der Waals surface area contributed by atoms with Crippen LogP contribution in [0, 0.1) is 0 Å². The van der Waals surface area contributed by atoms with Crippen molar-refractivity contribution in [1.82, 2.24) is 0 Å². The van der Waals surface area contributed by atoms with E-state index < -0.39 is 5.97 Å². The van der Waals surface area contributed by atoms with Crippen molar-refractivity contribution in [3.05, 3.63) is 71.8 Å². The third kappa shape index (κ3) is 2.59. The van der Waals surface area contributed by atoms with Crippen molar-refractivity contribution in [1.29, 1.82) is 0 Å². The number of carbonyl (C=O) groups excluding carboxylic acids is 1. The zero-order valence-electron chi connectivity index (χ0n) is 10.6. The van der Waals surface area contributed by atoms with Crippen molar-refractivity contribution < 1.29 is 9.53 Å². The Labute approximate surface area is 116 Å². The summed E-state index contributed by atoms with van der Waals surface area (Å²) in [6, 6.07) is 16.5. The van der Waals surface area contributed by atoms with E-state index in [4.69, 9.17) is 4.74 Å². The molecular weight excluding hydrogens is 252 g/mol. The van der Waals surface area contributed by atoms with Crippen LogP contribution in [0.3, 0.4) is 0 Å². The second-order valence-corrected chi connectivity index (χ2v) is 4.24. The molecule has 2 aromatic rings. The van der Waals surface area contributed by atoms with Gasteiger partial charge in [0.15, 0.2) is 0 Å². The third-order valence-electron chi connectivity index (χ3n) is 2.86. The van der Waals surface area contributed by atoms with E-state index >= 15 is 0 Å². The van der Waals surface area contributed by atoms with E-state index in [9.17, 15) is 4.79 Å². The monoisotopic (exact) mass is 264 g/mol. The Morgan fingerprint density at radius 1 is 0.950 bits per heavy atom. The Morgan fingerprint density at radius 2 is 1.70 bits per heavy atom. The van der Waals surface area contributed by atoms with Gasteiger partial charge < -0.3 is 4.74 Å². The summed E-state index contributed by atoms with van der Waals surface area (Å²) in [5.41, 5.74) is 5.23. The van der Waals surface area contributed by atoms with E-state index in [1.54, 1.807) is 30.3 Å². The van der Waals surface area contributed by atoms with E-state index in [1.807, 2.05) is 36.4 Å². The summed E-state index contributed by atoms with van der Waals surface area (Å²) in [6.45, 7) is 0. The van der Waals surface area contributed by atoms with Crippen LogP contribution in [0.15, 0.2) is 65.8 Å². The fourth-order valence-electron chi connectivity index (χ4n) is 1.84. The number of hydrogen-bond donors (Lipinski definition) is 1. The maximum Gasteiger partial charge on any atom is 0.344 e. The minimum Gasteiger partial charge on any atom is -0.402 e. The van der Waals surface area contributed by atoms with Gasteiger partial charge in [0, 0.05) is 6.08 Å². The zero-order chi connectivity index (χ0) is 13.8. The Morgan fingerprint density at radius 3 is 2.55 bits per heavy atom. The SMILES string of the molecule is O=C(OC1=NNc2ccccc2C=C1)c1ccccc1. The van der Waals surface area contributed by atoms with E-state index in [-0.39, 0.29) is 5.90 Å². The van der Waals surface area contributed by atoms with Crippen LogP contribution in [0.5, 0.6) is 0 Å². The van der Waals surface area contributed by atoms with E-state index in [0.717, 1.165) is 11.3 Å². The number of nitrogens with zero attached hydrogens (tertiary/aromatic N) is 1. The van der Waals surface area contributed by atoms with Crippen LogP contribution in [-0.4, -0.2) is 11.9 Å². The molecule has 0 amide bonds. The van der Waals surface area contributed by atoms with Gasteiger partial charge in [-0.1, -0.05) is 36.4 Å². The van der Waals surface area contributed by atoms with Crippen molar-refractivity contribution in [2.45, 2.75) is 0 Å². The minimum atomic E-state index is -0.429. The average Bonchev–Trinajstić information content (AvgIpc) is 2.71. The number of nitrogens with one attached hydrogen (secondary N) is 1. The Balaban J connectivity index is 1.77. The number of carbonyl (C=O) groups is 1. The summed E-state index contributed by atoms with van der Waals surface area (Å²) in [6.07, 6.45) is 3.52. The summed E-state index contributed by atoms with van der Waals surface area (Å²) in [5.74, 6) is -0.197. The van der Waals surface area contributed by atoms with Gasteiger partial charge in [-0.25, -0.2) is 4.79 Å². The number of esters is 1. The predicted octanol–water partition coefficient (Wildman–Crippen LogP) is 3.30. The molecule has 2 aromatic carbocycles. The Bertz CT molecular complexity index is 691. The van der Waals surface area contributed by atoms with Gasteiger partial charge in [0.25, 0.3) is 0 Å². The second kappa shape index (κ2) is 5.40. The lowest BCUT2D eigenvalue weighted by atomic mass is 10.2. The summed E-state index contributed by atoms with van der Waals surface area (Å²) < 4.78 is 5.25. The summed E-state index contributed by atoms with van der Waals surface area (Å²) >= 11 is 0. The van der Waals surface area contributed by atoms with Crippen molar-refractivity contribution in [2.75, 3.05) is 5.43 Å². The lowest BCUT2D eigenvalue weighted by molar-refractivity contribution is 0.0719. The molecule has 4 nitrogen and oxygen atoms in total. The van der Waals surface area contributed by atoms with Crippen LogP contribution >= 0.6 is 0 Å². The number of rotatable bonds is 1. The second-order valence-electron chi connectivity index (χ2n) is 4.24. The van der Waals surface area contributed by atoms with Gasteiger partial charge in [0.2, 0.25) is 5.90 Å². The molecule has 0 saturated carbocycles. The number of hydrogen-bond acceptors (Lipinski definition) is 4. The molecule has 1 N–H and O–H groups in total. The fourth-order valence-corrected chi connectivity index (χ4v) is 1.84. The molecule has 3 rings (SSSR count). The predicted molar refractivity (Wildman–Crippen MR) is 78.4 cm³/mol. The molecule has 0 atom stereocenters. The van der Waals surface area contributed by atoms with Crippen molar-refractivity contribution in [3.63, 3.8) is 0 Å². The minimum absolute atomic E-state index is 0.232. The standard InChI is InChI=1S/C16H12N2O2/c19-16(13-7-2-1-3-8-13)20-15-11-10-12-6-4-5-9-14(12)17-18-15/h1-11,17H. The molecule has 0 fully saturated rings. The van der Waals surface area contributed by atoms with Gasteiger partial charge in [-0.2, -0.15) is 0 Å². The van der Waals surface area contributed by atoms with Crippen molar-refractivity contribution in [3.8, 4) is 0 Å². The van der Waals surface area contributed by atoms with Gasteiger partial charge >= 0.3 is 5.97 Å². The quantitative estimate of drug-likeness (QED) is 0.804. The number of fused-ring (bicyclic) bond motifs is 1. The van der Waals surface area contributed by atoms with Crippen LogP contribution in [0.4, 0.5) is 5.69 Å². The lowest BCUT2D eigenvalue weighted by Crippen LogP contribution is -2.11. The molecule has 0 unspecified atom stereocenters. The fraction of sp³-hybridized carbons (Fsp3) is 0. The first-order chi connectivity index (χ1) is 9.83. The number of ether oxygens (including phenoxy) is 1. The van der Waals surface area contributed by atoms with Crippen LogP contribution in [0.1, 0.15) is 15.9 Å². The topological polar surface area (TPSA) is 50.7 Å². The largest absolute Gasteiger partial charge is 0.402 e. The molecule has 0 spiro atoms. The van der Waals surface area contributed by atoms with Crippen molar-refractivity contribution >= 4 is 23.6 Å². The van der Waals surface area contributed by atoms with Crippen LogP contribution in [0.2, 0.25) is 0 Å². The summed E-state index contributed by atoms with van der Waals surface area (Å²) in [7, 11) is 0. The number of benzene rings is 2. The normalized spacial score (nSPS) is 12.7.